The Hall–Kier alpha value is -2.87. The first-order valence-electron chi connectivity index (χ1n) is 14.5. The quantitative estimate of drug-likeness (QED) is 0.331. The number of para-hydroxylation sites is 1. The molecule has 1 amide bonds. The fourth-order valence-electron chi connectivity index (χ4n) is 6.80. The molecule has 3 aromatic rings. The van der Waals surface area contributed by atoms with Gasteiger partial charge in [-0.3, -0.25) is 4.79 Å². The first kappa shape index (κ1) is 27.2. The van der Waals surface area contributed by atoms with Crippen molar-refractivity contribution in [2.45, 2.75) is 85.0 Å². The van der Waals surface area contributed by atoms with Crippen molar-refractivity contribution in [1.82, 2.24) is 0 Å². The van der Waals surface area contributed by atoms with Crippen molar-refractivity contribution in [1.29, 1.82) is 0 Å². The average molecular weight is 496 g/mol. The molecule has 1 aliphatic carbocycles. The van der Waals surface area contributed by atoms with E-state index in [1.54, 1.807) is 0 Å². The first-order chi connectivity index (χ1) is 18.0. The van der Waals surface area contributed by atoms with Crippen molar-refractivity contribution >= 4 is 11.6 Å². The summed E-state index contributed by atoms with van der Waals surface area (Å²) in [5.74, 6) is 1.58. The maximum atomic E-state index is 14.0. The minimum atomic E-state index is 0.0187. The molecule has 1 N–H and O–H groups in total. The number of amides is 1. The van der Waals surface area contributed by atoms with Gasteiger partial charge in [-0.1, -0.05) is 99.0 Å². The molecule has 0 heterocycles. The summed E-state index contributed by atoms with van der Waals surface area (Å²) in [6.07, 6.45) is 9.20. The van der Waals surface area contributed by atoms with Gasteiger partial charge in [0.25, 0.3) is 0 Å². The molecule has 1 saturated carbocycles. The Labute approximate surface area is 224 Å². The van der Waals surface area contributed by atoms with Gasteiger partial charge in [0.15, 0.2) is 0 Å². The summed E-state index contributed by atoms with van der Waals surface area (Å²) >= 11 is 0. The summed E-state index contributed by atoms with van der Waals surface area (Å²) in [5.41, 5.74) is 7.55. The Bertz CT molecular complexity index is 1130. The summed E-state index contributed by atoms with van der Waals surface area (Å²) < 4.78 is 0. The van der Waals surface area contributed by atoms with Gasteiger partial charge in [-0.25, -0.2) is 0 Å². The van der Waals surface area contributed by atoms with Crippen molar-refractivity contribution < 1.29 is 4.79 Å². The van der Waals surface area contributed by atoms with Gasteiger partial charge < -0.3 is 5.32 Å². The minimum absolute atomic E-state index is 0.0187. The van der Waals surface area contributed by atoms with Crippen molar-refractivity contribution in [3.63, 3.8) is 0 Å². The molecular formula is C35H45NO. The molecule has 196 valence electrons. The van der Waals surface area contributed by atoms with Gasteiger partial charge in [-0.15, -0.1) is 0 Å². The van der Waals surface area contributed by atoms with Crippen LogP contribution in [0.5, 0.6) is 0 Å². The summed E-state index contributed by atoms with van der Waals surface area (Å²) in [5, 5.41) is 3.38. The van der Waals surface area contributed by atoms with Gasteiger partial charge in [-0.2, -0.15) is 0 Å². The third-order valence-electron chi connectivity index (χ3n) is 8.88. The molecule has 2 nitrogen and oxygen atoms in total. The number of benzene rings is 3. The lowest BCUT2D eigenvalue weighted by Gasteiger charge is -2.40. The lowest BCUT2D eigenvalue weighted by atomic mass is 9.65. The van der Waals surface area contributed by atoms with Crippen LogP contribution in [-0.4, -0.2) is 5.91 Å². The molecule has 0 radical (unpaired) electrons. The van der Waals surface area contributed by atoms with Crippen LogP contribution < -0.4 is 5.32 Å². The summed E-state index contributed by atoms with van der Waals surface area (Å²) in [6.45, 7) is 8.63. The number of carbonyl (C=O) groups excluding carboxylic acids is 1. The smallest absolute Gasteiger partial charge is 0.227 e. The van der Waals surface area contributed by atoms with Gasteiger partial charge in [0.1, 0.15) is 0 Å². The van der Waals surface area contributed by atoms with E-state index in [0.29, 0.717) is 17.8 Å². The Balaban J connectivity index is 1.67. The third kappa shape index (κ3) is 6.72. The van der Waals surface area contributed by atoms with Crippen LogP contribution in [0.4, 0.5) is 5.69 Å². The van der Waals surface area contributed by atoms with E-state index >= 15 is 0 Å². The Morgan fingerprint density at radius 3 is 2.16 bits per heavy atom. The lowest BCUT2D eigenvalue weighted by molar-refractivity contribution is -0.122. The maximum absolute atomic E-state index is 14.0. The van der Waals surface area contributed by atoms with Crippen LogP contribution >= 0.6 is 0 Å². The van der Waals surface area contributed by atoms with Crippen LogP contribution in [-0.2, 0) is 11.2 Å². The molecular weight excluding hydrogens is 450 g/mol. The molecule has 4 unspecified atom stereocenters. The molecule has 0 aromatic heterocycles. The van der Waals surface area contributed by atoms with Crippen LogP contribution in [0, 0.1) is 38.5 Å². The standard InChI is InChI=1S/C35H45NO/c1-5-30(35(37)36-34-26(3)16-14-17-27(34)4)32-22-11-7-10-21-31(29-19-8-6-9-20-29)33(32)24-23-28-18-13-12-15-25(28)2/h6,8-9,12-20,30-33H,5,7,10-11,21-24H2,1-4H3,(H,36,37). The van der Waals surface area contributed by atoms with E-state index in [1.807, 2.05) is 0 Å². The zero-order valence-electron chi connectivity index (χ0n) is 23.3. The van der Waals surface area contributed by atoms with Gasteiger partial charge in [0.2, 0.25) is 5.91 Å². The number of rotatable bonds is 8. The van der Waals surface area contributed by atoms with Gasteiger partial charge in [0, 0.05) is 11.6 Å². The molecule has 1 fully saturated rings. The zero-order valence-corrected chi connectivity index (χ0v) is 23.3. The van der Waals surface area contributed by atoms with E-state index in [0.717, 1.165) is 42.5 Å². The summed E-state index contributed by atoms with van der Waals surface area (Å²) in [7, 11) is 0. The number of hydrogen-bond donors (Lipinski definition) is 1. The Morgan fingerprint density at radius 2 is 1.46 bits per heavy atom. The fourth-order valence-corrected chi connectivity index (χ4v) is 6.80. The second-order valence-corrected chi connectivity index (χ2v) is 11.2. The van der Waals surface area contributed by atoms with Gasteiger partial charge in [0.05, 0.1) is 0 Å². The van der Waals surface area contributed by atoms with Crippen LogP contribution in [0.25, 0.3) is 0 Å². The van der Waals surface area contributed by atoms with Crippen LogP contribution in [0.1, 0.15) is 85.6 Å². The normalized spacial score (nSPS) is 21.0. The summed E-state index contributed by atoms with van der Waals surface area (Å²) in [4.78, 5) is 14.0. The molecule has 4 atom stereocenters. The minimum Gasteiger partial charge on any atom is -0.325 e. The van der Waals surface area contributed by atoms with E-state index in [-0.39, 0.29) is 11.8 Å². The Kier molecular flexibility index (Phi) is 9.61. The number of carbonyl (C=O) groups is 1. The predicted molar refractivity (Wildman–Crippen MR) is 157 cm³/mol. The van der Waals surface area contributed by atoms with E-state index in [1.165, 1.54) is 42.4 Å². The summed E-state index contributed by atoms with van der Waals surface area (Å²) in [6, 6.07) is 26.2. The molecule has 0 bridgehead atoms. The van der Waals surface area contributed by atoms with Crippen molar-refractivity contribution in [2.24, 2.45) is 17.8 Å². The van der Waals surface area contributed by atoms with Gasteiger partial charge >= 0.3 is 0 Å². The molecule has 0 aliphatic heterocycles. The molecule has 4 rings (SSSR count). The lowest BCUT2D eigenvalue weighted by Crippen LogP contribution is -2.37. The van der Waals surface area contributed by atoms with E-state index in [9.17, 15) is 4.79 Å². The highest BCUT2D eigenvalue weighted by Gasteiger charge is 2.38. The molecule has 0 spiro atoms. The van der Waals surface area contributed by atoms with Crippen LogP contribution in [0.3, 0.4) is 0 Å². The van der Waals surface area contributed by atoms with Crippen molar-refractivity contribution in [2.75, 3.05) is 5.32 Å². The van der Waals surface area contributed by atoms with Crippen LogP contribution in [0.2, 0.25) is 0 Å². The topological polar surface area (TPSA) is 29.1 Å². The SMILES string of the molecule is CCC(C(=O)Nc1c(C)cccc1C)C1CCCCCC(c2ccccc2)C1CCc1ccccc1C. The predicted octanol–water partition coefficient (Wildman–Crippen LogP) is 9.19. The molecule has 37 heavy (non-hydrogen) atoms. The van der Waals surface area contributed by atoms with Crippen molar-refractivity contribution in [3.8, 4) is 0 Å². The number of hydrogen-bond acceptors (Lipinski definition) is 1. The largest absolute Gasteiger partial charge is 0.325 e. The monoisotopic (exact) mass is 495 g/mol. The molecule has 1 aliphatic rings. The maximum Gasteiger partial charge on any atom is 0.227 e. The number of nitrogens with one attached hydrogen (secondary N) is 1. The highest BCUT2D eigenvalue weighted by Crippen LogP contribution is 2.45. The van der Waals surface area contributed by atoms with E-state index in [2.05, 4.69) is 106 Å². The zero-order chi connectivity index (χ0) is 26.2. The average Bonchev–Trinajstić information content (AvgIpc) is 2.89. The molecule has 3 aromatic carbocycles. The van der Waals surface area contributed by atoms with E-state index < -0.39 is 0 Å². The highest BCUT2D eigenvalue weighted by atomic mass is 16.1. The number of anilines is 1. The van der Waals surface area contributed by atoms with Gasteiger partial charge in [-0.05, 0) is 98.4 Å². The highest BCUT2D eigenvalue weighted by molar-refractivity contribution is 5.94. The molecule has 2 heteroatoms. The fraction of sp³-hybridized carbons (Fsp3) is 0.457. The van der Waals surface area contributed by atoms with E-state index in [4.69, 9.17) is 0 Å². The molecule has 0 saturated heterocycles. The van der Waals surface area contributed by atoms with Crippen molar-refractivity contribution in [3.05, 3.63) is 101 Å². The first-order valence-corrected chi connectivity index (χ1v) is 14.5. The second-order valence-electron chi connectivity index (χ2n) is 11.2. The number of aryl methyl sites for hydroxylation is 4. The third-order valence-corrected chi connectivity index (χ3v) is 8.88. The van der Waals surface area contributed by atoms with Crippen LogP contribution in [0.15, 0.2) is 72.8 Å². The second kappa shape index (κ2) is 13.1. The Morgan fingerprint density at radius 1 is 0.811 bits per heavy atom.